The van der Waals surface area contributed by atoms with Crippen molar-refractivity contribution in [2.45, 2.75) is 70.9 Å². The van der Waals surface area contributed by atoms with Gasteiger partial charge >= 0.3 is 17.7 Å². The normalized spacial score (nSPS) is 18.0. The molecule has 8 heteroatoms. The molecule has 2 aliphatic rings. The Bertz CT molecular complexity index is 1150. The van der Waals surface area contributed by atoms with Crippen molar-refractivity contribution in [3.05, 3.63) is 60.2 Å². The van der Waals surface area contributed by atoms with E-state index in [1.54, 1.807) is 24.3 Å². The van der Waals surface area contributed by atoms with Gasteiger partial charge in [0.15, 0.2) is 0 Å². The number of rotatable bonds is 7. The van der Waals surface area contributed by atoms with Gasteiger partial charge in [-0.15, -0.1) is 0 Å². The fraction of sp³-hybridized carbons (Fsp3) is 0.467. The van der Waals surface area contributed by atoms with Crippen molar-refractivity contribution in [2.75, 3.05) is 13.1 Å². The molecule has 2 N–H and O–H groups in total. The van der Waals surface area contributed by atoms with E-state index in [1.165, 1.54) is 0 Å². The molecule has 38 heavy (non-hydrogen) atoms. The Balaban J connectivity index is 1.49. The fourth-order valence-corrected chi connectivity index (χ4v) is 5.42. The smallest absolute Gasteiger partial charge is 0.411 e. The number of carbonyl (C=O) groups excluding carboxylic acids is 4. The first kappa shape index (κ1) is 27.5. The van der Waals surface area contributed by atoms with E-state index in [0.29, 0.717) is 29.9 Å². The summed E-state index contributed by atoms with van der Waals surface area (Å²) in [5.41, 5.74) is 0.339. The van der Waals surface area contributed by atoms with Crippen LogP contribution in [0.15, 0.2) is 54.6 Å². The second kappa shape index (κ2) is 12.3. The average Bonchev–Trinajstić information content (AvgIpc) is 3.43. The monoisotopic (exact) mass is 520 g/mol. The standard InChI is InChI=1S/C30H37N3O5/c1-21(2)26(32-27(34)22-12-11-17-25(20-22)38-24-15-7-4-8-16-24)29(36)33(18-9-10-19-33)30(37)28(35)31-23-13-5-3-6-14-23/h4,7-8,11-12,15-17,20-21,23,26H,3,5-6,9-10,13-14,18-19H2,1-2H3,(H-,31,32,34,35)/p+1. The predicted octanol–water partition coefficient (Wildman–Crippen LogP) is 4.35. The molecule has 2 aromatic rings. The first-order valence-corrected chi connectivity index (χ1v) is 13.7. The number of ether oxygens (including phenoxy) is 1. The molecule has 1 saturated heterocycles. The number of nitrogens with zero attached hydrogens (tertiary/aromatic N) is 1. The van der Waals surface area contributed by atoms with Crippen LogP contribution in [0.3, 0.4) is 0 Å². The summed E-state index contributed by atoms with van der Waals surface area (Å²) in [6, 6.07) is 15.0. The molecule has 1 aliphatic carbocycles. The van der Waals surface area contributed by atoms with Crippen molar-refractivity contribution in [2.24, 2.45) is 5.92 Å². The first-order valence-electron chi connectivity index (χ1n) is 13.7. The molecule has 202 valence electrons. The van der Waals surface area contributed by atoms with E-state index in [2.05, 4.69) is 10.6 Å². The highest BCUT2D eigenvalue weighted by Gasteiger charge is 2.53. The van der Waals surface area contributed by atoms with E-state index < -0.39 is 34.2 Å². The number of nitrogens with one attached hydrogen (secondary N) is 2. The highest BCUT2D eigenvalue weighted by Crippen LogP contribution is 2.26. The maximum atomic E-state index is 14.0. The van der Waals surface area contributed by atoms with Gasteiger partial charge in [0.2, 0.25) is 0 Å². The second-order valence-corrected chi connectivity index (χ2v) is 10.7. The van der Waals surface area contributed by atoms with Gasteiger partial charge in [-0.1, -0.05) is 57.4 Å². The zero-order valence-electron chi connectivity index (χ0n) is 22.3. The Morgan fingerprint density at radius 1 is 0.842 bits per heavy atom. The highest BCUT2D eigenvalue weighted by atomic mass is 16.5. The van der Waals surface area contributed by atoms with Gasteiger partial charge in [0, 0.05) is 24.4 Å². The lowest BCUT2D eigenvalue weighted by molar-refractivity contribution is -0.762. The number of quaternary nitrogens is 1. The number of carbonyl (C=O) groups is 4. The van der Waals surface area contributed by atoms with E-state index in [9.17, 15) is 19.2 Å². The molecule has 4 amide bonds. The Labute approximate surface area is 224 Å². The minimum Gasteiger partial charge on any atom is -0.457 e. The number of likely N-dealkylation sites (tertiary alicyclic amines) is 1. The molecule has 0 bridgehead atoms. The summed E-state index contributed by atoms with van der Waals surface area (Å²) < 4.78 is 5.30. The van der Waals surface area contributed by atoms with Crippen molar-refractivity contribution < 1.29 is 28.4 Å². The zero-order chi connectivity index (χ0) is 27.1. The van der Waals surface area contributed by atoms with Crippen LogP contribution >= 0.6 is 0 Å². The summed E-state index contributed by atoms with van der Waals surface area (Å²) in [6.07, 6.45) is 6.23. The molecular formula is C30H38N3O5+. The van der Waals surface area contributed by atoms with E-state index in [1.807, 2.05) is 44.2 Å². The molecule has 1 aliphatic heterocycles. The summed E-state index contributed by atoms with van der Waals surface area (Å²) in [5.74, 6) is -1.40. The second-order valence-electron chi connectivity index (χ2n) is 10.7. The summed E-state index contributed by atoms with van der Waals surface area (Å²) in [7, 11) is 0. The van der Waals surface area contributed by atoms with Gasteiger partial charge in [0.1, 0.15) is 17.5 Å². The van der Waals surface area contributed by atoms with Gasteiger partial charge < -0.3 is 15.4 Å². The fourth-order valence-electron chi connectivity index (χ4n) is 5.42. The molecule has 1 atom stereocenters. The van der Waals surface area contributed by atoms with Crippen LogP contribution in [0.25, 0.3) is 0 Å². The van der Waals surface area contributed by atoms with Gasteiger partial charge in [-0.3, -0.25) is 9.59 Å². The van der Waals surface area contributed by atoms with Crippen molar-refractivity contribution >= 4 is 23.6 Å². The third kappa shape index (κ3) is 6.30. The zero-order valence-corrected chi connectivity index (χ0v) is 22.3. The van der Waals surface area contributed by atoms with Crippen LogP contribution < -0.4 is 15.4 Å². The lowest BCUT2D eigenvalue weighted by atomic mass is 9.95. The van der Waals surface area contributed by atoms with Crippen LogP contribution in [0.5, 0.6) is 11.5 Å². The summed E-state index contributed by atoms with van der Waals surface area (Å²) in [6.45, 7) is 4.21. The molecule has 8 nitrogen and oxygen atoms in total. The van der Waals surface area contributed by atoms with E-state index in [-0.39, 0.29) is 25.0 Å². The number of hydrogen-bond acceptors (Lipinski definition) is 5. The maximum absolute atomic E-state index is 14.0. The lowest BCUT2D eigenvalue weighted by Crippen LogP contribution is -2.66. The Morgan fingerprint density at radius 2 is 1.50 bits per heavy atom. The number of para-hydroxylation sites is 1. The van der Waals surface area contributed by atoms with Crippen molar-refractivity contribution in [3.8, 4) is 11.5 Å². The van der Waals surface area contributed by atoms with Crippen molar-refractivity contribution in [3.63, 3.8) is 0 Å². The highest BCUT2D eigenvalue weighted by molar-refractivity contribution is 6.33. The molecule has 0 radical (unpaired) electrons. The molecule has 1 heterocycles. The molecular weight excluding hydrogens is 482 g/mol. The Morgan fingerprint density at radius 3 is 2.16 bits per heavy atom. The van der Waals surface area contributed by atoms with Crippen LogP contribution in [-0.4, -0.2) is 53.3 Å². The number of benzene rings is 2. The number of hydrogen-bond donors (Lipinski definition) is 2. The SMILES string of the molecule is CC(C)C(NC(=O)c1cccc(Oc2ccccc2)c1)C(=O)[N+]1(C(=O)C(=O)NC2CCCCC2)CCCC1. The topological polar surface area (TPSA) is 102 Å². The molecule has 2 aromatic carbocycles. The van der Waals surface area contributed by atoms with Crippen LogP contribution in [0.1, 0.15) is 69.2 Å². The third-order valence-corrected chi connectivity index (χ3v) is 7.57. The van der Waals surface area contributed by atoms with Gasteiger partial charge in [-0.05, 0) is 49.1 Å². The van der Waals surface area contributed by atoms with E-state index in [0.717, 1.165) is 32.1 Å². The Kier molecular flexibility index (Phi) is 8.94. The molecule has 1 saturated carbocycles. The lowest BCUT2D eigenvalue weighted by Gasteiger charge is -2.33. The molecule has 4 rings (SSSR count). The molecule has 0 aromatic heterocycles. The van der Waals surface area contributed by atoms with Crippen LogP contribution in [0.4, 0.5) is 0 Å². The molecule has 1 unspecified atom stereocenters. The van der Waals surface area contributed by atoms with Crippen LogP contribution in [0.2, 0.25) is 0 Å². The minimum absolute atomic E-state index is 0.0241. The molecule has 0 spiro atoms. The quantitative estimate of drug-likeness (QED) is 0.418. The maximum Gasteiger partial charge on any atom is 0.411 e. The van der Waals surface area contributed by atoms with Crippen LogP contribution in [-0.2, 0) is 14.4 Å². The number of imide groups is 1. The van der Waals surface area contributed by atoms with E-state index >= 15 is 0 Å². The minimum atomic E-state index is -0.925. The average molecular weight is 521 g/mol. The van der Waals surface area contributed by atoms with Crippen LogP contribution in [0, 0.1) is 5.92 Å². The van der Waals surface area contributed by atoms with Gasteiger partial charge in [0.25, 0.3) is 5.91 Å². The van der Waals surface area contributed by atoms with Gasteiger partial charge in [-0.25, -0.2) is 9.59 Å². The summed E-state index contributed by atoms with van der Waals surface area (Å²) >= 11 is 0. The van der Waals surface area contributed by atoms with Gasteiger partial charge in [-0.2, -0.15) is 4.48 Å². The van der Waals surface area contributed by atoms with Crippen molar-refractivity contribution in [1.82, 2.24) is 10.6 Å². The number of amides is 4. The van der Waals surface area contributed by atoms with E-state index in [4.69, 9.17) is 4.74 Å². The van der Waals surface area contributed by atoms with Crippen molar-refractivity contribution in [1.29, 1.82) is 0 Å². The Hall–Kier alpha value is -3.52. The molecule has 2 fully saturated rings. The third-order valence-electron chi connectivity index (χ3n) is 7.57. The largest absolute Gasteiger partial charge is 0.457 e. The summed E-state index contributed by atoms with van der Waals surface area (Å²) in [4.78, 5) is 53.7. The summed E-state index contributed by atoms with van der Waals surface area (Å²) in [5, 5.41) is 5.74. The van der Waals surface area contributed by atoms with Gasteiger partial charge in [0.05, 0.1) is 13.1 Å². The first-order chi connectivity index (χ1) is 18.3. The predicted molar refractivity (Wildman–Crippen MR) is 143 cm³/mol.